The zero-order chi connectivity index (χ0) is 17.4. The van der Waals surface area contributed by atoms with Crippen LogP contribution in [0.25, 0.3) is 15.5 Å². The molecule has 0 amide bonds. The first kappa shape index (κ1) is 16.3. The second-order valence-corrected chi connectivity index (χ2v) is 6.88. The van der Waals surface area contributed by atoms with Gasteiger partial charge in [0.25, 0.3) is 0 Å². The van der Waals surface area contributed by atoms with Crippen molar-refractivity contribution in [3.05, 3.63) is 64.2 Å². The number of benzene rings is 2. The molecule has 0 unspecified atom stereocenters. The van der Waals surface area contributed by atoms with Crippen molar-refractivity contribution in [3.63, 3.8) is 0 Å². The quantitative estimate of drug-likeness (QED) is 0.494. The number of rotatable bonds is 4. The van der Waals surface area contributed by atoms with E-state index >= 15 is 0 Å². The number of nitrogens with zero attached hydrogens (tertiary/aromatic N) is 4. The van der Waals surface area contributed by atoms with Gasteiger partial charge in [0, 0.05) is 10.6 Å². The Morgan fingerprint density at radius 2 is 1.88 bits per heavy atom. The highest BCUT2D eigenvalue weighted by Gasteiger charge is 2.15. The summed E-state index contributed by atoms with van der Waals surface area (Å²) in [5, 5.41) is 14.5. The van der Waals surface area contributed by atoms with Gasteiger partial charge in [-0.25, -0.2) is 4.39 Å². The van der Waals surface area contributed by atoms with E-state index < -0.39 is 0 Å². The Bertz CT molecular complexity index is 1050. The molecule has 0 saturated heterocycles. The number of fused-ring (bicyclic) bond motifs is 1. The molecule has 0 atom stereocenters. The van der Waals surface area contributed by atoms with Crippen molar-refractivity contribution >= 4 is 39.5 Å². The number of ether oxygens (including phenoxy) is 1. The fourth-order valence-electron chi connectivity index (χ4n) is 2.20. The average Bonchev–Trinajstić information content (AvgIpc) is 3.17. The third-order valence-corrected chi connectivity index (χ3v) is 4.89. The molecule has 126 valence electrons. The first-order valence-electron chi connectivity index (χ1n) is 7.15. The van der Waals surface area contributed by atoms with Crippen LogP contribution >= 0.6 is 34.5 Å². The van der Waals surface area contributed by atoms with Crippen molar-refractivity contribution in [2.45, 2.75) is 6.61 Å². The Morgan fingerprint density at radius 3 is 2.68 bits per heavy atom. The van der Waals surface area contributed by atoms with Crippen LogP contribution in [0.4, 0.5) is 4.39 Å². The summed E-state index contributed by atoms with van der Waals surface area (Å²) in [6.07, 6.45) is 0. The van der Waals surface area contributed by atoms with Gasteiger partial charge in [-0.2, -0.15) is 9.61 Å². The molecule has 0 fully saturated rings. The Kier molecular flexibility index (Phi) is 4.29. The van der Waals surface area contributed by atoms with E-state index in [-0.39, 0.29) is 12.4 Å². The van der Waals surface area contributed by atoms with Crippen LogP contribution in [0.2, 0.25) is 10.0 Å². The number of hydrogen-bond donors (Lipinski definition) is 0. The van der Waals surface area contributed by atoms with Crippen LogP contribution in [0.3, 0.4) is 0 Å². The molecule has 4 aromatic rings. The van der Waals surface area contributed by atoms with E-state index in [4.69, 9.17) is 27.9 Å². The van der Waals surface area contributed by atoms with Gasteiger partial charge < -0.3 is 4.74 Å². The molecule has 0 bridgehead atoms. The summed E-state index contributed by atoms with van der Waals surface area (Å²) in [6.45, 7) is 0.152. The first-order valence-corrected chi connectivity index (χ1v) is 8.72. The van der Waals surface area contributed by atoms with Gasteiger partial charge in [0.05, 0.1) is 5.02 Å². The van der Waals surface area contributed by atoms with Crippen molar-refractivity contribution in [1.82, 2.24) is 19.8 Å². The standard InChI is InChI=1S/C16H9Cl2FN4OS/c17-9-1-6-13(18)12(7-9)15-22-23-14(20-21-16(23)25-15)8-24-11-4-2-10(19)3-5-11/h1-7H,8H2. The van der Waals surface area contributed by atoms with Gasteiger partial charge in [0.2, 0.25) is 4.96 Å². The molecule has 0 N–H and O–H groups in total. The molecule has 0 aliphatic rings. The normalized spacial score (nSPS) is 11.2. The minimum Gasteiger partial charge on any atom is -0.486 e. The van der Waals surface area contributed by atoms with Gasteiger partial charge in [-0.05, 0) is 42.5 Å². The third-order valence-electron chi connectivity index (χ3n) is 3.40. The number of halogens is 3. The summed E-state index contributed by atoms with van der Waals surface area (Å²) >= 11 is 13.6. The topological polar surface area (TPSA) is 52.3 Å². The fraction of sp³-hybridized carbons (Fsp3) is 0.0625. The summed E-state index contributed by atoms with van der Waals surface area (Å²) < 4.78 is 20.1. The molecule has 25 heavy (non-hydrogen) atoms. The summed E-state index contributed by atoms with van der Waals surface area (Å²) in [7, 11) is 0. The molecule has 4 rings (SSSR count). The van der Waals surface area contributed by atoms with Gasteiger partial charge in [-0.1, -0.05) is 34.5 Å². The summed E-state index contributed by atoms with van der Waals surface area (Å²) in [6, 6.07) is 10.9. The summed E-state index contributed by atoms with van der Waals surface area (Å²) in [5.41, 5.74) is 0.732. The molecule has 2 heterocycles. The predicted molar refractivity (Wildman–Crippen MR) is 94.8 cm³/mol. The van der Waals surface area contributed by atoms with E-state index in [2.05, 4.69) is 15.3 Å². The monoisotopic (exact) mass is 394 g/mol. The van der Waals surface area contributed by atoms with Gasteiger partial charge in [0.1, 0.15) is 23.2 Å². The zero-order valence-corrected chi connectivity index (χ0v) is 14.8. The second kappa shape index (κ2) is 6.59. The van der Waals surface area contributed by atoms with Crippen LogP contribution in [-0.2, 0) is 6.61 Å². The number of aromatic nitrogens is 4. The molecule has 2 aromatic heterocycles. The maximum Gasteiger partial charge on any atom is 0.235 e. The molecule has 0 spiro atoms. The van der Waals surface area contributed by atoms with E-state index in [9.17, 15) is 4.39 Å². The van der Waals surface area contributed by atoms with Crippen LogP contribution < -0.4 is 4.74 Å². The maximum atomic E-state index is 12.9. The minimum absolute atomic E-state index is 0.152. The molecule has 0 aliphatic carbocycles. The SMILES string of the molecule is Fc1ccc(OCc2nnc3sc(-c4cc(Cl)ccc4Cl)nn23)cc1. The van der Waals surface area contributed by atoms with E-state index in [1.165, 1.54) is 23.5 Å². The molecule has 9 heteroatoms. The van der Waals surface area contributed by atoms with E-state index in [0.717, 1.165) is 5.56 Å². The second-order valence-electron chi connectivity index (χ2n) is 5.08. The van der Waals surface area contributed by atoms with Crippen LogP contribution in [-0.4, -0.2) is 19.8 Å². The largest absolute Gasteiger partial charge is 0.486 e. The summed E-state index contributed by atoms with van der Waals surface area (Å²) in [5.74, 6) is 0.742. The molecular weight excluding hydrogens is 386 g/mol. The summed E-state index contributed by atoms with van der Waals surface area (Å²) in [4.78, 5) is 0.615. The highest BCUT2D eigenvalue weighted by atomic mass is 35.5. The van der Waals surface area contributed by atoms with Crippen LogP contribution in [0, 0.1) is 5.82 Å². The van der Waals surface area contributed by atoms with Crippen molar-refractivity contribution in [1.29, 1.82) is 0 Å². The van der Waals surface area contributed by atoms with E-state index in [1.807, 2.05) is 0 Å². The molecule has 0 saturated carbocycles. The van der Waals surface area contributed by atoms with Crippen molar-refractivity contribution in [3.8, 4) is 16.3 Å². The highest BCUT2D eigenvalue weighted by molar-refractivity contribution is 7.19. The molecule has 2 aromatic carbocycles. The molecule has 0 radical (unpaired) electrons. The van der Waals surface area contributed by atoms with Crippen LogP contribution in [0.15, 0.2) is 42.5 Å². The van der Waals surface area contributed by atoms with Crippen molar-refractivity contribution in [2.24, 2.45) is 0 Å². The maximum absolute atomic E-state index is 12.9. The van der Waals surface area contributed by atoms with Crippen molar-refractivity contribution < 1.29 is 9.13 Å². The molecule has 5 nitrogen and oxygen atoms in total. The van der Waals surface area contributed by atoms with E-state index in [0.29, 0.717) is 31.6 Å². The predicted octanol–water partition coefficient (Wildman–Crippen LogP) is 4.88. The average molecular weight is 395 g/mol. The fourth-order valence-corrected chi connectivity index (χ4v) is 3.52. The van der Waals surface area contributed by atoms with Gasteiger partial charge >= 0.3 is 0 Å². The lowest BCUT2D eigenvalue weighted by molar-refractivity contribution is 0.292. The lowest BCUT2D eigenvalue weighted by atomic mass is 10.2. The lowest BCUT2D eigenvalue weighted by Gasteiger charge is -2.03. The number of hydrogen-bond acceptors (Lipinski definition) is 5. The Balaban J connectivity index is 1.62. The third kappa shape index (κ3) is 3.30. The smallest absolute Gasteiger partial charge is 0.235 e. The van der Waals surface area contributed by atoms with Crippen LogP contribution in [0.5, 0.6) is 5.75 Å². The van der Waals surface area contributed by atoms with Crippen LogP contribution in [0.1, 0.15) is 5.82 Å². The Labute approximate surface area is 155 Å². The molecular formula is C16H9Cl2FN4OS. The van der Waals surface area contributed by atoms with Gasteiger partial charge in [-0.3, -0.25) is 0 Å². The first-order chi connectivity index (χ1) is 12.1. The Hall–Kier alpha value is -2.22. The van der Waals surface area contributed by atoms with Gasteiger partial charge in [0.15, 0.2) is 5.82 Å². The Morgan fingerprint density at radius 1 is 1.08 bits per heavy atom. The minimum atomic E-state index is -0.320. The highest BCUT2D eigenvalue weighted by Crippen LogP contribution is 2.33. The lowest BCUT2D eigenvalue weighted by Crippen LogP contribution is -2.02. The zero-order valence-electron chi connectivity index (χ0n) is 12.5. The van der Waals surface area contributed by atoms with E-state index in [1.54, 1.807) is 34.8 Å². The van der Waals surface area contributed by atoms with Gasteiger partial charge in [-0.15, -0.1) is 10.2 Å². The molecule has 0 aliphatic heterocycles. The van der Waals surface area contributed by atoms with Crippen molar-refractivity contribution in [2.75, 3.05) is 0 Å².